The van der Waals surface area contributed by atoms with E-state index in [2.05, 4.69) is 10.1 Å². The van der Waals surface area contributed by atoms with Crippen LogP contribution >= 0.6 is 23.2 Å². The van der Waals surface area contributed by atoms with Crippen LogP contribution in [-0.2, 0) is 0 Å². The van der Waals surface area contributed by atoms with Crippen molar-refractivity contribution in [1.29, 1.82) is 0 Å². The van der Waals surface area contributed by atoms with Crippen LogP contribution in [0.4, 0.5) is 5.69 Å². The minimum absolute atomic E-state index is 0.158. The highest BCUT2D eigenvalue weighted by atomic mass is 35.5. The van der Waals surface area contributed by atoms with Crippen molar-refractivity contribution in [1.82, 2.24) is 9.78 Å². The van der Waals surface area contributed by atoms with Gasteiger partial charge in [0.25, 0.3) is 5.56 Å². The van der Waals surface area contributed by atoms with Crippen LogP contribution in [0.3, 0.4) is 0 Å². The van der Waals surface area contributed by atoms with E-state index in [1.807, 2.05) is 39.0 Å². The van der Waals surface area contributed by atoms with Gasteiger partial charge in [-0.3, -0.25) is 14.9 Å². The predicted octanol–water partition coefficient (Wildman–Crippen LogP) is 5.15. The van der Waals surface area contributed by atoms with Gasteiger partial charge < -0.3 is 0 Å². The zero-order valence-electron chi connectivity index (χ0n) is 14.1. The Bertz CT molecular complexity index is 1030. The first-order valence-electron chi connectivity index (χ1n) is 7.75. The first kappa shape index (κ1) is 17.5. The van der Waals surface area contributed by atoms with Gasteiger partial charge in [-0.25, -0.2) is 4.68 Å². The van der Waals surface area contributed by atoms with Crippen molar-refractivity contribution in [2.75, 3.05) is 0 Å². The maximum Gasteiger partial charge on any atom is 0.280 e. The van der Waals surface area contributed by atoms with Crippen molar-refractivity contribution in [3.63, 3.8) is 0 Å². The summed E-state index contributed by atoms with van der Waals surface area (Å²) in [6.45, 7) is 5.89. The van der Waals surface area contributed by atoms with Crippen molar-refractivity contribution >= 4 is 35.1 Å². The van der Waals surface area contributed by atoms with Crippen LogP contribution in [-0.4, -0.2) is 16.0 Å². The molecule has 4 nitrogen and oxygen atoms in total. The number of H-pyrrole nitrogens is 1. The summed E-state index contributed by atoms with van der Waals surface area (Å²) in [5.41, 5.74) is 4.72. The number of benzene rings is 2. The zero-order valence-corrected chi connectivity index (χ0v) is 15.6. The molecule has 0 saturated carbocycles. The normalized spacial score (nSPS) is 11.4. The van der Waals surface area contributed by atoms with Crippen molar-refractivity contribution in [2.24, 2.45) is 4.99 Å². The molecule has 0 aliphatic heterocycles. The lowest BCUT2D eigenvalue weighted by molar-refractivity contribution is 0.833. The van der Waals surface area contributed by atoms with Crippen molar-refractivity contribution in [2.45, 2.75) is 20.8 Å². The number of nitrogens with one attached hydrogen (secondary N) is 1. The Morgan fingerprint density at radius 1 is 1.04 bits per heavy atom. The van der Waals surface area contributed by atoms with Crippen LogP contribution in [0.25, 0.3) is 5.69 Å². The van der Waals surface area contributed by atoms with Gasteiger partial charge in [0.2, 0.25) is 0 Å². The molecule has 3 rings (SSSR count). The highest BCUT2D eigenvalue weighted by molar-refractivity contribution is 6.36. The third-order valence-corrected chi connectivity index (χ3v) is 4.65. The third kappa shape index (κ3) is 3.55. The average molecular weight is 374 g/mol. The van der Waals surface area contributed by atoms with Crippen molar-refractivity contribution in [3.05, 3.63) is 79.2 Å². The van der Waals surface area contributed by atoms with Gasteiger partial charge in [0, 0.05) is 16.9 Å². The molecule has 0 saturated heterocycles. The molecule has 2 aromatic carbocycles. The summed E-state index contributed by atoms with van der Waals surface area (Å²) in [7, 11) is 0. The summed E-state index contributed by atoms with van der Waals surface area (Å²) in [5, 5.41) is 4.07. The number of hydrogen-bond acceptors (Lipinski definition) is 2. The number of aromatic amines is 1. The van der Waals surface area contributed by atoms with Crippen molar-refractivity contribution in [3.8, 4) is 5.69 Å². The van der Waals surface area contributed by atoms with Crippen molar-refractivity contribution < 1.29 is 0 Å². The monoisotopic (exact) mass is 373 g/mol. The van der Waals surface area contributed by atoms with Gasteiger partial charge in [0.15, 0.2) is 0 Å². The van der Waals surface area contributed by atoms with Crippen LogP contribution in [0.5, 0.6) is 0 Å². The second-order valence-electron chi connectivity index (χ2n) is 5.91. The fourth-order valence-electron chi connectivity index (χ4n) is 2.48. The van der Waals surface area contributed by atoms with E-state index in [1.54, 1.807) is 18.2 Å². The number of rotatable bonds is 3. The SMILES string of the molecule is Cc1ccc(-n2[nH]c(C)c(C=Nc3ccc(Cl)cc3Cl)c2=O)cc1C. The van der Waals surface area contributed by atoms with Gasteiger partial charge in [-0.15, -0.1) is 0 Å². The van der Waals surface area contributed by atoms with Crippen LogP contribution in [0.15, 0.2) is 46.2 Å². The number of aliphatic imine (C=N–C) groups is 1. The Morgan fingerprint density at radius 3 is 2.48 bits per heavy atom. The Hall–Kier alpha value is -2.30. The van der Waals surface area contributed by atoms with Crippen LogP contribution < -0.4 is 5.56 Å². The highest BCUT2D eigenvalue weighted by Crippen LogP contribution is 2.27. The fourth-order valence-corrected chi connectivity index (χ4v) is 2.94. The topological polar surface area (TPSA) is 50.1 Å². The van der Waals surface area contributed by atoms with Crippen LogP contribution in [0.1, 0.15) is 22.4 Å². The number of aromatic nitrogens is 2. The molecular formula is C19H17Cl2N3O. The quantitative estimate of drug-likeness (QED) is 0.634. The summed E-state index contributed by atoms with van der Waals surface area (Å²) in [4.78, 5) is 17.1. The molecule has 0 amide bonds. The summed E-state index contributed by atoms with van der Waals surface area (Å²) in [6.07, 6.45) is 1.53. The second kappa shape index (κ2) is 6.90. The first-order valence-corrected chi connectivity index (χ1v) is 8.51. The molecule has 25 heavy (non-hydrogen) atoms. The molecule has 0 atom stereocenters. The lowest BCUT2D eigenvalue weighted by Crippen LogP contribution is -2.17. The molecule has 0 aliphatic rings. The van der Waals surface area contributed by atoms with Crippen LogP contribution in [0.2, 0.25) is 10.0 Å². The van der Waals surface area contributed by atoms with Gasteiger partial charge >= 0.3 is 0 Å². The Morgan fingerprint density at radius 2 is 1.80 bits per heavy atom. The van der Waals surface area contributed by atoms with Gasteiger partial charge in [-0.2, -0.15) is 0 Å². The van der Waals surface area contributed by atoms with E-state index in [-0.39, 0.29) is 5.56 Å². The molecule has 0 spiro atoms. The van der Waals surface area contributed by atoms with E-state index >= 15 is 0 Å². The maximum atomic E-state index is 12.7. The van der Waals surface area contributed by atoms with E-state index in [9.17, 15) is 4.79 Å². The van der Waals surface area contributed by atoms with E-state index in [1.165, 1.54) is 16.5 Å². The second-order valence-corrected chi connectivity index (χ2v) is 6.76. The lowest BCUT2D eigenvalue weighted by Gasteiger charge is -2.05. The summed E-state index contributed by atoms with van der Waals surface area (Å²) in [5.74, 6) is 0. The van der Waals surface area contributed by atoms with Gasteiger partial charge in [-0.1, -0.05) is 29.3 Å². The molecule has 0 fully saturated rings. The molecule has 1 N–H and O–H groups in total. The molecule has 0 unspecified atom stereocenters. The Labute approximate surface area is 155 Å². The minimum atomic E-state index is -0.158. The Balaban J connectivity index is 2.01. The van der Waals surface area contributed by atoms with Gasteiger partial charge in [0.1, 0.15) is 0 Å². The molecule has 3 aromatic rings. The van der Waals surface area contributed by atoms with E-state index in [4.69, 9.17) is 23.2 Å². The third-order valence-electron chi connectivity index (χ3n) is 4.11. The summed E-state index contributed by atoms with van der Waals surface area (Å²) >= 11 is 12.0. The lowest BCUT2D eigenvalue weighted by atomic mass is 10.1. The highest BCUT2D eigenvalue weighted by Gasteiger charge is 2.11. The summed E-state index contributed by atoms with van der Waals surface area (Å²) in [6, 6.07) is 10.9. The molecule has 0 aliphatic carbocycles. The van der Waals surface area contributed by atoms with E-state index in [0.717, 1.165) is 16.9 Å². The first-order chi connectivity index (χ1) is 11.9. The number of aryl methyl sites for hydroxylation is 3. The van der Waals surface area contributed by atoms with Gasteiger partial charge in [-0.05, 0) is 62.2 Å². The average Bonchev–Trinajstić information content (AvgIpc) is 2.84. The summed E-state index contributed by atoms with van der Waals surface area (Å²) < 4.78 is 1.52. The molecule has 1 aromatic heterocycles. The zero-order chi connectivity index (χ0) is 18.1. The van der Waals surface area contributed by atoms with Crippen LogP contribution in [0, 0.1) is 20.8 Å². The smallest absolute Gasteiger partial charge is 0.280 e. The number of nitrogens with zero attached hydrogens (tertiary/aromatic N) is 2. The molecule has 6 heteroatoms. The van der Waals surface area contributed by atoms with E-state index in [0.29, 0.717) is 21.3 Å². The minimum Gasteiger partial charge on any atom is -0.295 e. The number of halogens is 2. The number of hydrogen-bond donors (Lipinski definition) is 1. The van der Waals surface area contributed by atoms with E-state index < -0.39 is 0 Å². The largest absolute Gasteiger partial charge is 0.295 e. The molecule has 0 radical (unpaired) electrons. The maximum absolute atomic E-state index is 12.7. The predicted molar refractivity (Wildman–Crippen MR) is 104 cm³/mol. The van der Waals surface area contributed by atoms with Gasteiger partial charge in [0.05, 0.1) is 22.0 Å². The fraction of sp³-hybridized carbons (Fsp3) is 0.158. The molecule has 0 bridgehead atoms. The molecule has 1 heterocycles. The molecule has 128 valence electrons. The molecular weight excluding hydrogens is 357 g/mol. The standard InChI is InChI=1S/C19H17Cl2N3O/c1-11-4-6-15(8-12(11)2)24-19(25)16(13(3)23-24)10-22-18-7-5-14(20)9-17(18)21/h4-10,23H,1-3H3. The Kier molecular flexibility index (Phi) is 4.84.